The van der Waals surface area contributed by atoms with Crippen LogP contribution in [-0.2, 0) is 0 Å². The Morgan fingerprint density at radius 2 is 2.27 bits per heavy atom. The molecule has 0 aliphatic heterocycles. The summed E-state index contributed by atoms with van der Waals surface area (Å²) in [4.78, 5) is 0. The number of hydrogen-bond acceptors (Lipinski definition) is 2. The van der Waals surface area contributed by atoms with Gasteiger partial charge in [0.1, 0.15) is 5.75 Å². The highest BCUT2D eigenvalue weighted by Crippen LogP contribution is 2.27. The van der Waals surface area contributed by atoms with Crippen molar-refractivity contribution in [3.05, 3.63) is 34.8 Å². The number of allylic oxidation sites excluding steroid dienone is 1. The Labute approximate surface area is 103 Å². The number of benzene rings is 1. The Hall–Kier alpha value is -0.670. The number of alkyl halides is 1. The van der Waals surface area contributed by atoms with Crippen LogP contribution in [-0.4, -0.2) is 19.5 Å². The Kier molecular flexibility index (Phi) is 5.58. The van der Waals surface area contributed by atoms with Crippen LogP contribution in [0.1, 0.15) is 0 Å². The molecule has 0 spiro atoms. The minimum atomic E-state index is 0.550. The molecule has 0 saturated heterocycles. The van der Waals surface area contributed by atoms with E-state index in [2.05, 4.69) is 21.2 Å². The molecule has 2 nitrogen and oxygen atoms in total. The maximum absolute atomic E-state index is 5.51. The number of rotatable bonds is 5. The molecule has 4 heteroatoms. The maximum atomic E-state index is 5.51. The van der Waals surface area contributed by atoms with Crippen LogP contribution >= 0.6 is 27.5 Å². The van der Waals surface area contributed by atoms with Crippen molar-refractivity contribution in [1.29, 1.82) is 0 Å². The molecular weight excluding hydrogens is 277 g/mol. The van der Waals surface area contributed by atoms with E-state index in [1.807, 2.05) is 30.4 Å². The molecule has 0 unspecified atom stereocenters. The highest BCUT2D eigenvalue weighted by atomic mass is 79.9. The third-order valence-corrected chi connectivity index (χ3v) is 2.63. The average molecular weight is 291 g/mol. The van der Waals surface area contributed by atoms with Crippen LogP contribution in [0.15, 0.2) is 34.8 Å². The molecule has 0 fully saturated rings. The van der Waals surface area contributed by atoms with Crippen molar-refractivity contribution >= 4 is 33.2 Å². The van der Waals surface area contributed by atoms with E-state index in [0.717, 1.165) is 22.5 Å². The first kappa shape index (κ1) is 12.4. The fourth-order valence-corrected chi connectivity index (χ4v) is 1.77. The molecule has 1 N–H and O–H groups in total. The largest absolute Gasteiger partial charge is 0.496 e. The van der Waals surface area contributed by atoms with Crippen LogP contribution < -0.4 is 10.1 Å². The van der Waals surface area contributed by atoms with Crippen LogP contribution in [0.25, 0.3) is 0 Å². The van der Waals surface area contributed by atoms with Gasteiger partial charge in [-0.2, -0.15) is 0 Å². The Bertz CT molecular complexity index is 341. The van der Waals surface area contributed by atoms with E-state index < -0.39 is 0 Å². The number of halogens is 2. The van der Waals surface area contributed by atoms with E-state index in [0.29, 0.717) is 5.88 Å². The normalized spacial score (nSPS) is 10.6. The lowest BCUT2D eigenvalue weighted by atomic mass is 10.3. The Balaban J connectivity index is 2.55. The molecule has 82 valence electrons. The van der Waals surface area contributed by atoms with Crippen LogP contribution in [0.3, 0.4) is 0 Å². The van der Waals surface area contributed by atoms with Gasteiger partial charge in [-0.25, -0.2) is 0 Å². The first-order valence-electron chi connectivity index (χ1n) is 4.56. The summed E-state index contributed by atoms with van der Waals surface area (Å²) >= 11 is 8.94. The molecule has 0 radical (unpaired) electrons. The number of ether oxygens (including phenoxy) is 1. The molecule has 0 amide bonds. The predicted molar refractivity (Wildman–Crippen MR) is 69.0 cm³/mol. The zero-order valence-electron chi connectivity index (χ0n) is 8.47. The second-order valence-corrected chi connectivity index (χ2v) is 4.02. The van der Waals surface area contributed by atoms with Gasteiger partial charge < -0.3 is 10.1 Å². The molecule has 0 aliphatic carbocycles. The van der Waals surface area contributed by atoms with Crippen LogP contribution in [0, 0.1) is 0 Å². The van der Waals surface area contributed by atoms with Crippen molar-refractivity contribution in [2.45, 2.75) is 0 Å². The molecule has 0 aliphatic rings. The smallest absolute Gasteiger partial charge is 0.133 e. The fourth-order valence-electron chi connectivity index (χ4n) is 1.10. The first-order chi connectivity index (χ1) is 7.27. The van der Waals surface area contributed by atoms with Gasteiger partial charge in [-0.15, -0.1) is 11.6 Å². The molecule has 1 aromatic rings. The van der Waals surface area contributed by atoms with E-state index in [-0.39, 0.29) is 0 Å². The van der Waals surface area contributed by atoms with Crippen molar-refractivity contribution in [2.24, 2.45) is 0 Å². The van der Waals surface area contributed by atoms with Crippen molar-refractivity contribution < 1.29 is 4.74 Å². The van der Waals surface area contributed by atoms with Gasteiger partial charge in [0.15, 0.2) is 0 Å². The van der Waals surface area contributed by atoms with Crippen LogP contribution in [0.4, 0.5) is 5.69 Å². The van der Waals surface area contributed by atoms with Gasteiger partial charge in [-0.05, 0) is 34.1 Å². The third kappa shape index (κ3) is 4.14. The molecule has 1 aromatic carbocycles. The highest BCUT2D eigenvalue weighted by molar-refractivity contribution is 9.10. The van der Waals surface area contributed by atoms with Gasteiger partial charge in [-0.1, -0.05) is 12.2 Å². The standard InChI is InChI=1S/C11H13BrClNO/c1-15-11-5-4-9(8-10(11)12)14-7-3-2-6-13/h2-5,8,14H,6-7H2,1H3/b3-2+. The molecule has 0 atom stereocenters. The second kappa shape index (κ2) is 6.75. The Morgan fingerprint density at radius 1 is 1.47 bits per heavy atom. The van der Waals surface area contributed by atoms with E-state index in [9.17, 15) is 0 Å². The van der Waals surface area contributed by atoms with Crippen molar-refractivity contribution in [1.82, 2.24) is 0 Å². The third-order valence-electron chi connectivity index (χ3n) is 1.83. The van der Waals surface area contributed by atoms with E-state index in [1.54, 1.807) is 7.11 Å². The molecule has 0 heterocycles. The molecule has 1 rings (SSSR count). The topological polar surface area (TPSA) is 21.3 Å². The van der Waals surface area contributed by atoms with Crippen LogP contribution in [0.5, 0.6) is 5.75 Å². The van der Waals surface area contributed by atoms with Gasteiger partial charge in [0.2, 0.25) is 0 Å². The van der Waals surface area contributed by atoms with E-state index >= 15 is 0 Å². The number of methoxy groups -OCH3 is 1. The zero-order valence-corrected chi connectivity index (χ0v) is 10.8. The highest BCUT2D eigenvalue weighted by Gasteiger charge is 1.99. The summed E-state index contributed by atoms with van der Waals surface area (Å²) in [6.07, 6.45) is 3.90. The summed E-state index contributed by atoms with van der Waals surface area (Å²) in [6, 6.07) is 5.86. The number of anilines is 1. The molecule has 0 saturated carbocycles. The zero-order chi connectivity index (χ0) is 11.1. The minimum Gasteiger partial charge on any atom is -0.496 e. The number of hydrogen-bond donors (Lipinski definition) is 1. The van der Waals surface area contributed by atoms with Gasteiger partial charge in [0.25, 0.3) is 0 Å². The van der Waals surface area contributed by atoms with Crippen molar-refractivity contribution in [2.75, 3.05) is 24.9 Å². The minimum absolute atomic E-state index is 0.550. The lowest BCUT2D eigenvalue weighted by Crippen LogP contribution is -1.98. The van der Waals surface area contributed by atoms with Gasteiger partial charge in [-0.3, -0.25) is 0 Å². The van der Waals surface area contributed by atoms with Crippen LogP contribution in [0.2, 0.25) is 0 Å². The summed E-state index contributed by atoms with van der Waals surface area (Å²) in [5.41, 5.74) is 1.04. The lowest BCUT2D eigenvalue weighted by molar-refractivity contribution is 0.412. The van der Waals surface area contributed by atoms with Gasteiger partial charge in [0.05, 0.1) is 11.6 Å². The average Bonchev–Trinajstić information content (AvgIpc) is 2.25. The molecule has 15 heavy (non-hydrogen) atoms. The monoisotopic (exact) mass is 289 g/mol. The summed E-state index contributed by atoms with van der Waals surface area (Å²) < 4.78 is 6.08. The lowest BCUT2D eigenvalue weighted by Gasteiger charge is -2.07. The quantitative estimate of drug-likeness (QED) is 0.660. The van der Waals surface area contributed by atoms with E-state index in [1.165, 1.54) is 0 Å². The predicted octanol–water partition coefficient (Wildman–Crippen LogP) is 3.66. The molecule has 0 bridgehead atoms. The molecular formula is C11H13BrClNO. The second-order valence-electron chi connectivity index (χ2n) is 2.86. The maximum Gasteiger partial charge on any atom is 0.133 e. The number of nitrogens with one attached hydrogen (secondary N) is 1. The van der Waals surface area contributed by atoms with Gasteiger partial charge in [0, 0.05) is 18.1 Å². The Morgan fingerprint density at radius 3 is 2.87 bits per heavy atom. The summed E-state index contributed by atoms with van der Waals surface area (Å²) in [6.45, 7) is 0.769. The summed E-state index contributed by atoms with van der Waals surface area (Å²) in [5, 5.41) is 3.24. The fraction of sp³-hybridized carbons (Fsp3) is 0.273. The van der Waals surface area contributed by atoms with Crippen molar-refractivity contribution in [3.8, 4) is 5.75 Å². The first-order valence-corrected chi connectivity index (χ1v) is 5.89. The SMILES string of the molecule is COc1ccc(NC/C=C/CCl)cc1Br. The van der Waals surface area contributed by atoms with Crippen molar-refractivity contribution in [3.63, 3.8) is 0 Å². The van der Waals surface area contributed by atoms with E-state index in [4.69, 9.17) is 16.3 Å². The molecule has 0 aromatic heterocycles. The summed E-state index contributed by atoms with van der Waals surface area (Å²) in [7, 11) is 1.65. The van der Waals surface area contributed by atoms with Gasteiger partial charge >= 0.3 is 0 Å². The summed E-state index contributed by atoms with van der Waals surface area (Å²) in [5.74, 6) is 1.38.